The first-order chi connectivity index (χ1) is 22.3. The number of aliphatic hydroxyl groups excluding tert-OH is 1. The Morgan fingerprint density at radius 1 is 1.21 bits per heavy atom. The fraction of sp³-hybridized carbons (Fsp3) is 0.484. The molecule has 4 aromatic rings. The van der Waals surface area contributed by atoms with E-state index in [0.29, 0.717) is 11.2 Å². The van der Waals surface area contributed by atoms with Gasteiger partial charge < -0.3 is 29.7 Å². The number of nitrogens with zero attached hydrogens (tertiary/aromatic N) is 5. The van der Waals surface area contributed by atoms with E-state index in [4.69, 9.17) is 24.3 Å². The lowest BCUT2D eigenvalue weighted by molar-refractivity contribution is -0.202. The number of fused-ring (bicyclic) bond motifs is 2. The summed E-state index contributed by atoms with van der Waals surface area (Å²) in [5.41, 5.74) is 2.98. The second-order valence-electron chi connectivity index (χ2n) is 13.3. The highest BCUT2D eigenvalue weighted by atomic mass is 31.2. The van der Waals surface area contributed by atoms with E-state index in [1.54, 1.807) is 55.4 Å². The Morgan fingerprint density at radius 3 is 2.58 bits per heavy atom. The molecule has 5 rings (SSSR count). The molecule has 0 spiro atoms. The van der Waals surface area contributed by atoms with Crippen molar-refractivity contribution in [2.45, 2.75) is 64.5 Å². The van der Waals surface area contributed by atoms with Gasteiger partial charge in [-0.15, -0.1) is 0 Å². The van der Waals surface area contributed by atoms with E-state index in [0.717, 1.165) is 23.2 Å². The Labute approximate surface area is 276 Å². The molecule has 260 valence electrons. The van der Waals surface area contributed by atoms with Crippen molar-refractivity contribution < 1.29 is 41.8 Å². The summed E-state index contributed by atoms with van der Waals surface area (Å²) in [7, 11) is -1.31. The van der Waals surface area contributed by atoms with Crippen LogP contribution in [-0.2, 0) is 23.4 Å². The minimum Gasteiger partial charge on any atom is -0.464 e. The molecule has 0 bridgehead atoms. The van der Waals surface area contributed by atoms with Crippen LogP contribution in [0.4, 0.5) is 20.5 Å². The molecule has 3 heterocycles. The number of nitrogens with two attached hydrogens (primary N) is 1. The molecular weight excluding hydrogens is 651 g/mol. The standard InChI is InChI=1S/C31H40F2N7O7P/c1-18(25(41)44-15-29(2,3)4)38-48(43,47-21-14-10-12-19-11-8-9-13-20(19)21)45-16-31(33)26(42)30(5,32)27(46-31)40-17-35-22-23(39(6)7)36-28(34)37-24(22)40/h8-14,17-18,26-27,42H,15-16H2,1-7H3,(H,38,43)(H2,34,36,37)/t18-,26+,27-,30-,31-,48?/m1/s1. The smallest absolute Gasteiger partial charge is 0.459 e. The fourth-order valence-electron chi connectivity index (χ4n) is 5.14. The Morgan fingerprint density at radius 2 is 1.90 bits per heavy atom. The van der Waals surface area contributed by atoms with E-state index < -0.39 is 50.2 Å². The van der Waals surface area contributed by atoms with Gasteiger partial charge in [-0.25, -0.2) is 18.3 Å². The number of ether oxygens (including phenoxy) is 2. The summed E-state index contributed by atoms with van der Waals surface area (Å²) in [6, 6.07) is 10.8. The molecule has 0 radical (unpaired) electrons. The highest BCUT2D eigenvalue weighted by Crippen LogP contribution is 2.52. The van der Waals surface area contributed by atoms with Crippen LogP contribution in [0.2, 0.25) is 0 Å². The summed E-state index contributed by atoms with van der Waals surface area (Å²) in [5, 5.41) is 14.8. The van der Waals surface area contributed by atoms with Crippen LogP contribution < -0.4 is 20.2 Å². The minimum atomic E-state index is -4.69. The summed E-state index contributed by atoms with van der Waals surface area (Å²) in [4.78, 5) is 27.0. The van der Waals surface area contributed by atoms with Crippen LogP contribution in [0.15, 0.2) is 48.8 Å². The largest absolute Gasteiger partial charge is 0.464 e. The number of hydrogen-bond acceptors (Lipinski definition) is 12. The number of alkyl halides is 2. The number of anilines is 2. The number of hydrogen-bond donors (Lipinski definition) is 3. The molecule has 1 aliphatic heterocycles. The van der Waals surface area contributed by atoms with Gasteiger partial charge in [-0.05, 0) is 30.7 Å². The van der Waals surface area contributed by atoms with Gasteiger partial charge in [-0.2, -0.15) is 15.1 Å². The second-order valence-corrected chi connectivity index (χ2v) is 15.0. The zero-order chi connectivity index (χ0) is 35.2. The van der Waals surface area contributed by atoms with Gasteiger partial charge in [-0.3, -0.25) is 13.9 Å². The first kappa shape index (κ1) is 35.4. The van der Waals surface area contributed by atoms with Gasteiger partial charge in [0.25, 0.3) is 5.85 Å². The monoisotopic (exact) mass is 691 g/mol. The molecule has 0 amide bonds. The third-order valence-corrected chi connectivity index (χ3v) is 9.19. The summed E-state index contributed by atoms with van der Waals surface area (Å²) < 4.78 is 70.5. The van der Waals surface area contributed by atoms with E-state index in [2.05, 4.69) is 20.0 Å². The summed E-state index contributed by atoms with van der Waals surface area (Å²) in [6.45, 7) is 6.68. The van der Waals surface area contributed by atoms with Crippen molar-refractivity contribution in [1.82, 2.24) is 24.6 Å². The molecule has 1 saturated heterocycles. The molecule has 0 saturated carbocycles. The number of nitrogen functional groups attached to an aromatic ring is 1. The molecule has 1 aliphatic rings. The normalized spacial score (nSPS) is 24.8. The van der Waals surface area contributed by atoms with Crippen molar-refractivity contribution in [2.75, 3.05) is 37.9 Å². The van der Waals surface area contributed by atoms with Crippen molar-refractivity contribution in [2.24, 2.45) is 5.41 Å². The maximum Gasteiger partial charge on any atom is 0.459 e. The molecule has 6 atom stereocenters. The first-order valence-electron chi connectivity index (χ1n) is 15.1. The van der Waals surface area contributed by atoms with Gasteiger partial charge in [0.05, 0.1) is 12.9 Å². The summed E-state index contributed by atoms with van der Waals surface area (Å²) in [6.07, 6.45) is -3.12. The number of halogens is 2. The number of benzene rings is 2. The van der Waals surface area contributed by atoms with Gasteiger partial charge in [-0.1, -0.05) is 57.2 Å². The summed E-state index contributed by atoms with van der Waals surface area (Å²) >= 11 is 0. The molecular formula is C31H40F2N7O7P. The Bertz CT molecular complexity index is 1860. The third kappa shape index (κ3) is 7.08. The van der Waals surface area contributed by atoms with Crippen LogP contribution in [-0.4, -0.2) is 81.6 Å². The minimum absolute atomic E-state index is 0.0201. The predicted octanol–water partition coefficient (Wildman–Crippen LogP) is 4.68. The molecule has 2 aromatic carbocycles. The van der Waals surface area contributed by atoms with E-state index in [1.807, 2.05) is 20.8 Å². The maximum absolute atomic E-state index is 16.6. The predicted molar refractivity (Wildman–Crippen MR) is 175 cm³/mol. The fourth-order valence-corrected chi connectivity index (χ4v) is 6.66. The number of aromatic nitrogens is 4. The first-order valence-corrected chi connectivity index (χ1v) is 16.7. The van der Waals surface area contributed by atoms with Crippen LogP contribution in [0.5, 0.6) is 5.75 Å². The topological polar surface area (TPSA) is 176 Å². The Kier molecular flexibility index (Phi) is 9.45. The average Bonchev–Trinajstić information content (AvgIpc) is 3.50. The SMILES string of the molecule is C[C@@H](NP(=O)(OC[C@@]1(F)O[C@@H](n2cnc3c(N(C)C)nc(N)nc32)[C@](C)(F)[C@@H]1O)Oc1cccc2ccccc12)C(=O)OCC(C)(C)C. The number of esters is 1. The number of rotatable bonds is 11. The highest BCUT2D eigenvalue weighted by molar-refractivity contribution is 7.52. The number of imidazole rings is 1. The van der Waals surface area contributed by atoms with Gasteiger partial charge >= 0.3 is 13.7 Å². The zero-order valence-electron chi connectivity index (χ0n) is 27.7. The van der Waals surface area contributed by atoms with Gasteiger partial charge in [0.1, 0.15) is 18.4 Å². The van der Waals surface area contributed by atoms with E-state index in [1.165, 1.54) is 13.0 Å². The Balaban J connectivity index is 1.45. The number of carbonyl (C=O) groups is 1. The number of aliphatic hydroxyl groups is 1. The van der Waals surface area contributed by atoms with Gasteiger partial charge in [0.2, 0.25) is 5.95 Å². The Hall–Kier alpha value is -3.95. The van der Waals surface area contributed by atoms with E-state index in [-0.39, 0.29) is 34.9 Å². The third-order valence-electron chi connectivity index (χ3n) is 7.58. The van der Waals surface area contributed by atoms with Crippen LogP contribution in [0.3, 0.4) is 0 Å². The molecule has 4 N–H and O–H groups in total. The maximum atomic E-state index is 16.6. The summed E-state index contributed by atoms with van der Waals surface area (Å²) in [5.74, 6) is -3.80. The molecule has 17 heteroatoms. The van der Waals surface area contributed by atoms with Crippen molar-refractivity contribution in [3.8, 4) is 5.75 Å². The zero-order valence-corrected chi connectivity index (χ0v) is 28.6. The highest BCUT2D eigenvalue weighted by Gasteiger charge is 2.65. The second kappa shape index (κ2) is 12.8. The number of nitrogens with one attached hydrogen (secondary N) is 1. The van der Waals surface area contributed by atoms with Crippen molar-refractivity contribution in [3.63, 3.8) is 0 Å². The molecule has 1 fully saturated rings. The average molecular weight is 692 g/mol. The van der Waals surface area contributed by atoms with Crippen LogP contribution >= 0.6 is 7.75 Å². The van der Waals surface area contributed by atoms with Crippen molar-refractivity contribution >= 4 is 47.4 Å². The van der Waals surface area contributed by atoms with Crippen molar-refractivity contribution in [1.29, 1.82) is 0 Å². The quantitative estimate of drug-likeness (QED) is 0.146. The number of carbonyl (C=O) groups excluding carboxylic acids is 1. The molecule has 2 aromatic heterocycles. The lowest BCUT2D eigenvalue weighted by Gasteiger charge is -2.28. The molecule has 48 heavy (non-hydrogen) atoms. The van der Waals surface area contributed by atoms with E-state index in [9.17, 15) is 14.5 Å². The lowest BCUT2D eigenvalue weighted by Crippen LogP contribution is -2.47. The van der Waals surface area contributed by atoms with Gasteiger partial charge in [0.15, 0.2) is 35.0 Å². The van der Waals surface area contributed by atoms with Crippen molar-refractivity contribution in [3.05, 3.63) is 48.8 Å². The van der Waals surface area contributed by atoms with Gasteiger partial charge in [0, 0.05) is 19.5 Å². The van der Waals surface area contributed by atoms with Crippen LogP contribution in [0.25, 0.3) is 21.9 Å². The van der Waals surface area contributed by atoms with Crippen LogP contribution in [0.1, 0.15) is 40.8 Å². The molecule has 1 unspecified atom stereocenters. The van der Waals surface area contributed by atoms with Crippen LogP contribution in [0, 0.1) is 5.41 Å². The molecule has 0 aliphatic carbocycles. The van der Waals surface area contributed by atoms with E-state index >= 15 is 8.78 Å². The molecule has 14 nitrogen and oxygen atoms in total. The lowest BCUT2D eigenvalue weighted by atomic mass is 9.97.